The number of nitrogens with one attached hydrogen (secondary N) is 1. The van der Waals surface area contributed by atoms with Crippen molar-refractivity contribution in [2.24, 2.45) is 0 Å². The fourth-order valence-electron chi connectivity index (χ4n) is 3.98. The van der Waals surface area contributed by atoms with Gasteiger partial charge in [-0.2, -0.15) is 0 Å². The van der Waals surface area contributed by atoms with Crippen molar-refractivity contribution in [1.29, 1.82) is 0 Å². The highest BCUT2D eigenvalue weighted by Gasteiger charge is 2.42. The third kappa shape index (κ3) is 5.44. The number of amides is 3. The summed E-state index contributed by atoms with van der Waals surface area (Å²) in [6.07, 6.45) is 0.842. The first-order chi connectivity index (χ1) is 16.9. The number of hydrogen-bond donors (Lipinski definition) is 2. The molecule has 2 aromatic rings. The van der Waals surface area contributed by atoms with Crippen LogP contribution in [-0.2, 0) is 25.6 Å². The van der Waals surface area contributed by atoms with Gasteiger partial charge in [-0.15, -0.1) is 0 Å². The van der Waals surface area contributed by atoms with Crippen LogP contribution in [-0.4, -0.2) is 57.7 Å². The molecule has 2 aliphatic heterocycles. The first kappa shape index (κ1) is 24.6. The summed E-state index contributed by atoms with van der Waals surface area (Å²) in [6, 6.07) is 16.8. The van der Waals surface area contributed by atoms with E-state index < -0.39 is 17.8 Å². The average Bonchev–Trinajstić information content (AvgIpc) is 3.27. The Bertz CT molecular complexity index is 1230. The number of nitrogens with zero attached hydrogens (tertiary/aromatic N) is 2. The number of benzene rings is 2. The van der Waals surface area contributed by atoms with Crippen LogP contribution < -0.4 is 10.2 Å². The van der Waals surface area contributed by atoms with Gasteiger partial charge in [0, 0.05) is 25.1 Å². The zero-order chi connectivity index (χ0) is 24.9. The smallest absolute Gasteiger partial charge is 0.303 e. The molecule has 8 nitrogen and oxygen atoms in total. The molecule has 0 aliphatic carbocycles. The van der Waals surface area contributed by atoms with Crippen molar-refractivity contribution in [2.75, 3.05) is 24.5 Å². The Kier molecular flexibility index (Phi) is 7.62. The zero-order valence-corrected chi connectivity index (χ0v) is 20.4. The number of fused-ring (bicyclic) bond motifs is 1. The minimum absolute atomic E-state index is 0.0854. The van der Waals surface area contributed by atoms with Crippen LogP contribution in [0.15, 0.2) is 59.5 Å². The second-order valence-corrected chi connectivity index (χ2v) is 9.66. The molecular formula is C25H23N3O5S2. The van der Waals surface area contributed by atoms with Gasteiger partial charge in [-0.3, -0.25) is 29.0 Å². The summed E-state index contributed by atoms with van der Waals surface area (Å²) in [5, 5.41) is 11.7. The normalized spacial score (nSPS) is 17.2. The van der Waals surface area contributed by atoms with E-state index in [0.29, 0.717) is 24.2 Å². The van der Waals surface area contributed by atoms with Gasteiger partial charge < -0.3 is 10.4 Å². The topological polar surface area (TPSA) is 107 Å². The fraction of sp³-hybridized carbons (Fsp3) is 0.240. The highest BCUT2D eigenvalue weighted by molar-refractivity contribution is 8.26. The number of hydrogen-bond acceptors (Lipinski definition) is 6. The maximum Gasteiger partial charge on any atom is 0.303 e. The van der Waals surface area contributed by atoms with E-state index in [4.69, 9.17) is 17.3 Å². The van der Waals surface area contributed by atoms with E-state index in [9.17, 15) is 19.2 Å². The summed E-state index contributed by atoms with van der Waals surface area (Å²) >= 11 is 6.36. The van der Waals surface area contributed by atoms with Gasteiger partial charge in [0.1, 0.15) is 10.9 Å². The van der Waals surface area contributed by atoms with Crippen LogP contribution in [0.3, 0.4) is 0 Å². The maximum absolute atomic E-state index is 13.4. The SMILES string of the molecule is O=C(O)CCCN1C(=O)/C(=C2/C(=O)N(CC(=O)NCCc3ccccc3)c3ccccc32)SC1=S. The Balaban J connectivity index is 1.49. The lowest BCUT2D eigenvalue weighted by molar-refractivity contribution is -0.137. The Labute approximate surface area is 212 Å². The lowest BCUT2D eigenvalue weighted by Gasteiger charge is -2.17. The number of rotatable bonds is 9. The number of aliphatic carboxylic acids is 1. The number of thioether (sulfide) groups is 1. The van der Waals surface area contributed by atoms with Gasteiger partial charge in [-0.1, -0.05) is 72.5 Å². The van der Waals surface area contributed by atoms with E-state index in [-0.39, 0.29) is 46.6 Å². The molecule has 0 bridgehead atoms. The van der Waals surface area contributed by atoms with Crippen molar-refractivity contribution in [2.45, 2.75) is 19.3 Å². The highest BCUT2D eigenvalue weighted by atomic mass is 32.2. The highest BCUT2D eigenvalue weighted by Crippen LogP contribution is 2.44. The maximum atomic E-state index is 13.4. The molecule has 0 radical (unpaired) electrons. The molecule has 2 heterocycles. The van der Waals surface area contributed by atoms with E-state index in [0.717, 1.165) is 17.3 Å². The molecule has 0 spiro atoms. The molecule has 1 saturated heterocycles. The number of carbonyl (C=O) groups is 4. The molecule has 0 unspecified atom stereocenters. The van der Waals surface area contributed by atoms with Gasteiger partial charge in [-0.05, 0) is 24.5 Å². The van der Waals surface area contributed by atoms with Crippen LogP contribution in [0.5, 0.6) is 0 Å². The van der Waals surface area contributed by atoms with Gasteiger partial charge in [-0.25, -0.2) is 0 Å². The third-order valence-corrected chi connectivity index (χ3v) is 7.10. The second kappa shape index (κ2) is 10.8. The Morgan fingerprint density at radius 2 is 1.69 bits per heavy atom. The lowest BCUT2D eigenvalue weighted by Crippen LogP contribution is -2.39. The zero-order valence-electron chi connectivity index (χ0n) is 18.7. The van der Waals surface area contributed by atoms with Gasteiger partial charge in [0.25, 0.3) is 11.8 Å². The van der Waals surface area contributed by atoms with E-state index in [1.165, 1.54) is 9.80 Å². The van der Waals surface area contributed by atoms with Crippen molar-refractivity contribution in [3.05, 3.63) is 70.6 Å². The molecule has 35 heavy (non-hydrogen) atoms. The van der Waals surface area contributed by atoms with Crippen LogP contribution in [0.4, 0.5) is 5.69 Å². The van der Waals surface area contributed by atoms with Crippen LogP contribution in [0.1, 0.15) is 24.0 Å². The summed E-state index contributed by atoms with van der Waals surface area (Å²) in [7, 11) is 0. The Morgan fingerprint density at radius 3 is 2.43 bits per heavy atom. The van der Waals surface area contributed by atoms with E-state index in [1.807, 2.05) is 30.3 Å². The molecule has 0 atom stereocenters. The predicted molar refractivity (Wildman–Crippen MR) is 138 cm³/mol. The fourth-order valence-corrected chi connectivity index (χ4v) is 5.36. The molecule has 2 aromatic carbocycles. The minimum Gasteiger partial charge on any atom is -0.481 e. The number of carboxylic acids is 1. The lowest BCUT2D eigenvalue weighted by atomic mass is 10.1. The largest absolute Gasteiger partial charge is 0.481 e. The van der Waals surface area contributed by atoms with Crippen molar-refractivity contribution in [3.8, 4) is 0 Å². The summed E-state index contributed by atoms with van der Waals surface area (Å²) < 4.78 is 0.283. The van der Waals surface area contributed by atoms with Gasteiger partial charge in [0.05, 0.1) is 16.2 Å². The number of carbonyl (C=O) groups excluding carboxylic acids is 3. The van der Waals surface area contributed by atoms with E-state index >= 15 is 0 Å². The molecular weight excluding hydrogens is 486 g/mol. The molecule has 10 heteroatoms. The second-order valence-electron chi connectivity index (χ2n) is 8.02. The summed E-state index contributed by atoms with van der Waals surface area (Å²) in [5.41, 5.74) is 2.45. The minimum atomic E-state index is -0.952. The van der Waals surface area contributed by atoms with Crippen LogP contribution in [0, 0.1) is 0 Å². The molecule has 1 fully saturated rings. The van der Waals surface area contributed by atoms with E-state index in [1.54, 1.807) is 24.3 Å². The number of carboxylic acid groups (broad SMARTS) is 1. The van der Waals surface area contributed by atoms with Gasteiger partial charge >= 0.3 is 5.97 Å². The molecule has 0 aromatic heterocycles. The average molecular weight is 510 g/mol. The van der Waals surface area contributed by atoms with Crippen LogP contribution >= 0.6 is 24.0 Å². The van der Waals surface area contributed by atoms with Gasteiger partial charge in [0.15, 0.2) is 0 Å². The quantitative estimate of drug-likeness (QED) is 0.395. The Hall–Kier alpha value is -3.50. The summed E-state index contributed by atoms with van der Waals surface area (Å²) in [6.45, 7) is 0.429. The molecule has 2 N–H and O–H groups in total. The third-order valence-electron chi connectivity index (χ3n) is 5.65. The molecule has 3 amide bonds. The molecule has 0 saturated carbocycles. The standard InChI is InChI=1S/C25H23N3O5S2/c29-19(26-13-12-16-7-2-1-3-8-16)15-28-18-10-5-4-9-17(18)21(23(28)32)22-24(33)27(25(34)35-22)14-6-11-20(30)31/h1-5,7-10H,6,11-15H2,(H,26,29)(H,30,31)/b22-21-. The molecule has 4 rings (SSSR count). The molecule has 180 valence electrons. The summed E-state index contributed by atoms with van der Waals surface area (Å²) in [4.78, 5) is 52.9. The summed E-state index contributed by atoms with van der Waals surface area (Å²) in [5.74, 6) is -2.11. The first-order valence-electron chi connectivity index (χ1n) is 11.1. The van der Waals surface area contributed by atoms with Crippen molar-refractivity contribution in [3.63, 3.8) is 0 Å². The van der Waals surface area contributed by atoms with Crippen molar-refractivity contribution < 1.29 is 24.3 Å². The van der Waals surface area contributed by atoms with Crippen LogP contribution in [0.2, 0.25) is 0 Å². The number of para-hydroxylation sites is 1. The number of anilines is 1. The van der Waals surface area contributed by atoms with E-state index in [2.05, 4.69) is 5.32 Å². The monoisotopic (exact) mass is 509 g/mol. The molecule has 2 aliphatic rings. The van der Waals surface area contributed by atoms with Crippen LogP contribution in [0.25, 0.3) is 5.57 Å². The van der Waals surface area contributed by atoms with Crippen molar-refractivity contribution in [1.82, 2.24) is 10.2 Å². The van der Waals surface area contributed by atoms with Gasteiger partial charge in [0.2, 0.25) is 5.91 Å². The predicted octanol–water partition coefficient (Wildman–Crippen LogP) is 2.83. The van der Waals surface area contributed by atoms with Crippen molar-refractivity contribution >= 4 is 63.3 Å². The first-order valence-corrected chi connectivity index (χ1v) is 12.3. The number of thiocarbonyl (C=S) groups is 1. The Morgan fingerprint density at radius 1 is 0.971 bits per heavy atom.